The van der Waals surface area contributed by atoms with Crippen molar-refractivity contribution in [2.45, 2.75) is 12.0 Å². The van der Waals surface area contributed by atoms with Gasteiger partial charge >= 0.3 is 0 Å². The number of aliphatic hydroxyl groups is 1. The zero-order chi connectivity index (χ0) is 19.9. The quantitative estimate of drug-likeness (QED) is 0.551. The van der Waals surface area contributed by atoms with Crippen molar-refractivity contribution in [1.82, 2.24) is 20.1 Å². The Hall–Kier alpha value is -3.77. The van der Waals surface area contributed by atoms with Crippen LogP contribution < -0.4 is 11.1 Å². The number of benzene rings is 1. The van der Waals surface area contributed by atoms with Crippen molar-refractivity contribution in [3.63, 3.8) is 0 Å². The lowest BCUT2D eigenvalue weighted by molar-refractivity contribution is -0.130. The molecule has 1 atom stereocenters. The van der Waals surface area contributed by atoms with Gasteiger partial charge in [0, 0.05) is 36.2 Å². The van der Waals surface area contributed by atoms with Gasteiger partial charge in [-0.15, -0.1) is 0 Å². The third-order valence-corrected chi connectivity index (χ3v) is 4.40. The summed E-state index contributed by atoms with van der Waals surface area (Å²) in [6, 6.07) is 7.00. The molecule has 0 bridgehead atoms. The predicted molar refractivity (Wildman–Crippen MR) is 96.8 cm³/mol. The number of rotatable bonds is 2. The maximum atomic E-state index is 13.7. The Morgan fingerprint density at radius 1 is 1.36 bits per heavy atom. The zero-order valence-electron chi connectivity index (χ0n) is 14.4. The van der Waals surface area contributed by atoms with Crippen LogP contribution in [0.3, 0.4) is 0 Å². The second kappa shape index (κ2) is 6.44. The Kier molecular flexibility index (Phi) is 4.05. The third kappa shape index (κ3) is 2.95. The molecule has 4 rings (SSSR count). The molecular weight excluding hydrogens is 365 g/mol. The molecule has 2 aromatic heterocycles. The van der Waals surface area contributed by atoms with Crippen LogP contribution in [0.25, 0.3) is 16.7 Å². The molecule has 8 nitrogen and oxygen atoms in total. The van der Waals surface area contributed by atoms with Gasteiger partial charge in [-0.1, -0.05) is 11.8 Å². The first kappa shape index (κ1) is 17.6. The number of carbonyl (C=O) groups excluding carboxylic acids is 2. The van der Waals surface area contributed by atoms with Crippen molar-refractivity contribution in [2.24, 2.45) is 5.73 Å². The zero-order valence-corrected chi connectivity index (χ0v) is 14.4. The molecule has 9 heteroatoms. The van der Waals surface area contributed by atoms with Crippen molar-refractivity contribution in [3.8, 4) is 17.7 Å². The fraction of sp³-hybridized carbons (Fsp3) is 0.158. The molecule has 3 aromatic rings. The summed E-state index contributed by atoms with van der Waals surface area (Å²) in [7, 11) is 0. The highest BCUT2D eigenvalue weighted by molar-refractivity contribution is 6.04. The van der Waals surface area contributed by atoms with Crippen LogP contribution in [0.2, 0.25) is 0 Å². The largest absolute Gasteiger partial charge is 0.369 e. The number of nitrogens with one attached hydrogen (secondary N) is 1. The monoisotopic (exact) mass is 379 g/mol. The Balaban J connectivity index is 1.80. The fourth-order valence-electron chi connectivity index (χ4n) is 2.97. The van der Waals surface area contributed by atoms with Crippen LogP contribution in [0, 0.1) is 17.7 Å². The molecule has 1 fully saturated rings. The van der Waals surface area contributed by atoms with Gasteiger partial charge in [-0.05, 0) is 24.3 Å². The highest BCUT2D eigenvalue weighted by Crippen LogP contribution is 2.23. The Labute approximate surface area is 158 Å². The van der Waals surface area contributed by atoms with Gasteiger partial charge in [-0.2, -0.15) is 5.10 Å². The van der Waals surface area contributed by atoms with E-state index in [9.17, 15) is 19.1 Å². The molecule has 0 spiro atoms. The van der Waals surface area contributed by atoms with Gasteiger partial charge in [0.2, 0.25) is 5.60 Å². The molecule has 2 amide bonds. The van der Waals surface area contributed by atoms with Gasteiger partial charge in [0.1, 0.15) is 5.82 Å². The van der Waals surface area contributed by atoms with E-state index in [-0.39, 0.29) is 17.9 Å². The van der Waals surface area contributed by atoms with E-state index in [0.717, 1.165) is 0 Å². The standard InChI is InChI=1S/C19H14FN5O3/c20-12-1-2-13-14(10-12)25(24-16(13)17(21)26)15-9-11(4-7-22-15)3-5-19(28)6-8-23-18(19)27/h1-2,4,7,9-10,28H,6,8H2,(H2,21,26)(H,23,27)/t19-/m0/s1. The maximum absolute atomic E-state index is 13.7. The summed E-state index contributed by atoms with van der Waals surface area (Å²) in [6.45, 7) is 0.354. The van der Waals surface area contributed by atoms with E-state index >= 15 is 0 Å². The molecule has 1 aliphatic rings. The number of hydrogen-bond acceptors (Lipinski definition) is 5. The summed E-state index contributed by atoms with van der Waals surface area (Å²) in [4.78, 5) is 27.5. The van der Waals surface area contributed by atoms with Crippen molar-refractivity contribution >= 4 is 22.7 Å². The summed E-state index contributed by atoms with van der Waals surface area (Å²) >= 11 is 0. The average molecular weight is 379 g/mol. The number of nitrogens with zero attached hydrogens (tertiary/aromatic N) is 3. The summed E-state index contributed by atoms with van der Waals surface area (Å²) in [6.07, 6.45) is 1.65. The number of hydrogen-bond donors (Lipinski definition) is 3. The van der Waals surface area contributed by atoms with Crippen LogP contribution in [0.15, 0.2) is 36.5 Å². The molecule has 4 N–H and O–H groups in total. The van der Waals surface area contributed by atoms with Gasteiger partial charge in [0.15, 0.2) is 11.5 Å². The molecule has 3 heterocycles. The summed E-state index contributed by atoms with van der Waals surface area (Å²) in [5, 5.41) is 17.3. The van der Waals surface area contributed by atoms with Crippen LogP contribution in [-0.4, -0.2) is 43.8 Å². The molecule has 1 aromatic carbocycles. The first-order chi connectivity index (χ1) is 13.4. The number of primary amides is 1. The van der Waals surface area contributed by atoms with E-state index in [2.05, 4.69) is 27.2 Å². The Bertz CT molecular complexity index is 1190. The molecule has 140 valence electrons. The lowest BCUT2D eigenvalue weighted by Crippen LogP contribution is -2.36. The highest BCUT2D eigenvalue weighted by Gasteiger charge is 2.38. The average Bonchev–Trinajstić information content (AvgIpc) is 3.21. The summed E-state index contributed by atoms with van der Waals surface area (Å²) < 4.78 is 15.0. The van der Waals surface area contributed by atoms with Crippen LogP contribution in [0.5, 0.6) is 0 Å². The molecule has 1 aliphatic heterocycles. The normalized spacial score (nSPS) is 18.6. The summed E-state index contributed by atoms with van der Waals surface area (Å²) in [5.74, 6) is 3.81. The number of nitrogens with two attached hydrogens (primary N) is 1. The molecular formula is C19H14FN5O3. The van der Waals surface area contributed by atoms with E-state index in [4.69, 9.17) is 5.73 Å². The SMILES string of the molecule is NC(=O)c1nn(-c2cc(C#C[C@]3(O)CCNC3=O)ccn2)c2cc(F)ccc12. The fourth-order valence-corrected chi connectivity index (χ4v) is 2.97. The van der Waals surface area contributed by atoms with Crippen molar-refractivity contribution in [3.05, 3.63) is 53.6 Å². The molecule has 0 saturated carbocycles. The predicted octanol–water partition coefficient (Wildman–Crippen LogP) is 0.261. The van der Waals surface area contributed by atoms with E-state index in [1.54, 1.807) is 12.1 Å². The smallest absolute Gasteiger partial charge is 0.269 e. The van der Waals surface area contributed by atoms with Crippen molar-refractivity contribution in [1.29, 1.82) is 0 Å². The topological polar surface area (TPSA) is 123 Å². The van der Waals surface area contributed by atoms with Crippen LogP contribution >= 0.6 is 0 Å². The van der Waals surface area contributed by atoms with Gasteiger partial charge < -0.3 is 16.2 Å². The highest BCUT2D eigenvalue weighted by atomic mass is 19.1. The van der Waals surface area contributed by atoms with E-state index in [0.29, 0.717) is 23.0 Å². The number of aromatic nitrogens is 3. The minimum Gasteiger partial charge on any atom is -0.369 e. The first-order valence-electron chi connectivity index (χ1n) is 8.36. The maximum Gasteiger partial charge on any atom is 0.269 e. The number of amides is 2. The van der Waals surface area contributed by atoms with Crippen molar-refractivity contribution < 1.29 is 19.1 Å². The van der Waals surface area contributed by atoms with E-state index in [1.807, 2.05) is 0 Å². The van der Waals surface area contributed by atoms with Crippen molar-refractivity contribution in [2.75, 3.05) is 6.54 Å². The Morgan fingerprint density at radius 3 is 2.89 bits per heavy atom. The summed E-state index contributed by atoms with van der Waals surface area (Å²) in [5.41, 5.74) is 4.40. The van der Waals surface area contributed by atoms with Crippen LogP contribution in [0.4, 0.5) is 4.39 Å². The second-order valence-electron chi connectivity index (χ2n) is 6.31. The number of fused-ring (bicyclic) bond motifs is 1. The number of pyridine rings is 1. The Morgan fingerprint density at radius 2 is 2.18 bits per heavy atom. The lowest BCUT2D eigenvalue weighted by atomic mass is 10.0. The number of carbonyl (C=O) groups is 2. The minimum absolute atomic E-state index is 0.00905. The van der Waals surface area contributed by atoms with Crippen LogP contribution in [-0.2, 0) is 4.79 Å². The minimum atomic E-state index is -1.73. The van der Waals surface area contributed by atoms with Gasteiger partial charge in [-0.3, -0.25) is 9.59 Å². The molecule has 0 radical (unpaired) electrons. The first-order valence-corrected chi connectivity index (χ1v) is 8.36. The molecule has 0 unspecified atom stereocenters. The van der Waals surface area contributed by atoms with E-state index < -0.39 is 23.2 Å². The lowest BCUT2D eigenvalue weighted by Gasteiger charge is -2.09. The second-order valence-corrected chi connectivity index (χ2v) is 6.31. The molecule has 1 saturated heterocycles. The van der Waals surface area contributed by atoms with Gasteiger partial charge in [0.05, 0.1) is 5.52 Å². The molecule has 0 aliphatic carbocycles. The van der Waals surface area contributed by atoms with Gasteiger partial charge in [0.25, 0.3) is 11.8 Å². The van der Waals surface area contributed by atoms with E-state index in [1.165, 1.54) is 29.1 Å². The molecule has 28 heavy (non-hydrogen) atoms. The van der Waals surface area contributed by atoms with Gasteiger partial charge in [-0.25, -0.2) is 14.1 Å². The third-order valence-electron chi connectivity index (χ3n) is 4.40. The van der Waals surface area contributed by atoms with Crippen LogP contribution in [0.1, 0.15) is 22.5 Å². The number of halogens is 1.